The van der Waals surface area contributed by atoms with Gasteiger partial charge in [0.1, 0.15) is 11.5 Å². The van der Waals surface area contributed by atoms with Crippen LogP contribution in [0.4, 0.5) is 5.69 Å². The van der Waals surface area contributed by atoms with Crippen LogP contribution in [0.25, 0.3) is 0 Å². The maximum Gasteiger partial charge on any atom is 0.260 e. The van der Waals surface area contributed by atoms with E-state index in [0.717, 1.165) is 36.1 Å². The van der Waals surface area contributed by atoms with E-state index >= 15 is 0 Å². The molecule has 2 aromatic carbocycles. The molecule has 1 amide bonds. The van der Waals surface area contributed by atoms with Crippen LogP contribution < -0.4 is 14.2 Å². The lowest BCUT2D eigenvalue weighted by Crippen LogP contribution is -2.40. The van der Waals surface area contributed by atoms with Crippen molar-refractivity contribution in [3.63, 3.8) is 0 Å². The lowest BCUT2D eigenvalue weighted by atomic mass is 10.0. The highest BCUT2D eigenvalue weighted by atomic mass is 32.2. The minimum atomic E-state index is -3.38. The Bertz CT molecular complexity index is 1120. The lowest BCUT2D eigenvalue weighted by molar-refractivity contribution is -0.134. The molecule has 10 heteroatoms. The Labute approximate surface area is 200 Å². The number of nitrogens with one attached hydrogen (secondary N) is 1. The van der Waals surface area contributed by atoms with Gasteiger partial charge in [-0.1, -0.05) is 12.1 Å². The molecule has 0 saturated carbocycles. The number of likely N-dealkylation sites (N-methyl/N-ethyl adjacent to an activating group) is 1. The monoisotopic (exact) mass is 489 g/mol. The predicted octanol–water partition coefficient (Wildman–Crippen LogP) is 1.64. The minimum absolute atomic E-state index is 0.108. The number of aliphatic hydroxyl groups excluding tert-OH is 1. The molecule has 0 bridgehead atoms. The fourth-order valence-electron chi connectivity index (χ4n) is 4.33. The molecule has 0 radical (unpaired) electrons. The van der Waals surface area contributed by atoms with Crippen molar-refractivity contribution in [3.05, 3.63) is 53.6 Å². The van der Waals surface area contributed by atoms with Gasteiger partial charge in [0.05, 0.1) is 25.0 Å². The number of benzene rings is 2. The van der Waals surface area contributed by atoms with Crippen molar-refractivity contribution in [2.24, 2.45) is 0 Å². The average molecular weight is 490 g/mol. The number of carbonyl (C=O) groups is 1. The number of amides is 1. The maximum absolute atomic E-state index is 13.1. The summed E-state index contributed by atoms with van der Waals surface area (Å²) in [5.41, 5.74) is 2.40. The zero-order valence-electron chi connectivity index (χ0n) is 19.4. The largest absolute Gasteiger partial charge is 0.493 e. The number of hydrogen-bond acceptors (Lipinski definition) is 7. The van der Waals surface area contributed by atoms with Gasteiger partial charge >= 0.3 is 0 Å². The number of β-amino-alcohol motifs (C(OH)–C–C–N with tert-alkyl or cyclic N) is 1. The minimum Gasteiger partial charge on any atom is -0.493 e. The first kappa shape index (κ1) is 24.3. The highest BCUT2D eigenvalue weighted by molar-refractivity contribution is 7.92. The maximum atomic E-state index is 13.1. The van der Waals surface area contributed by atoms with Gasteiger partial charge < -0.3 is 19.5 Å². The molecule has 0 aromatic heterocycles. The van der Waals surface area contributed by atoms with Gasteiger partial charge in [0.25, 0.3) is 5.91 Å². The van der Waals surface area contributed by atoms with E-state index in [9.17, 15) is 18.3 Å². The van der Waals surface area contributed by atoms with E-state index in [1.54, 1.807) is 30.1 Å². The highest BCUT2D eigenvalue weighted by Crippen LogP contribution is 2.29. The number of rotatable bonds is 9. The molecule has 2 heterocycles. The van der Waals surface area contributed by atoms with Crippen LogP contribution in [0.15, 0.2) is 42.5 Å². The van der Waals surface area contributed by atoms with E-state index in [2.05, 4.69) is 9.62 Å². The quantitative estimate of drug-likeness (QED) is 0.551. The molecule has 1 unspecified atom stereocenters. The lowest BCUT2D eigenvalue weighted by Gasteiger charge is -2.32. The number of carbonyl (C=O) groups excluding carboxylic acids is 1. The number of likely N-dealkylation sites (tertiary alicyclic amines) is 1. The second-order valence-corrected chi connectivity index (χ2v) is 10.6. The molecule has 2 aliphatic rings. The molecular weight excluding hydrogens is 458 g/mol. The summed E-state index contributed by atoms with van der Waals surface area (Å²) in [7, 11) is -1.64. The van der Waals surface area contributed by atoms with Crippen LogP contribution in [0.5, 0.6) is 11.5 Å². The summed E-state index contributed by atoms with van der Waals surface area (Å²) in [6, 6.07) is 12.3. The number of fused-ring (bicyclic) bond motifs is 1. The number of anilines is 1. The Morgan fingerprint density at radius 2 is 2.06 bits per heavy atom. The van der Waals surface area contributed by atoms with Crippen LogP contribution in [0.3, 0.4) is 0 Å². The second-order valence-electron chi connectivity index (χ2n) is 8.88. The Kier molecular flexibility index (Phi) is 7.30. The standard InChI is InChI=1S/C24H31N3O6S/c1-26(24(29)16-33-21-7-8-23-18(13-21)10-12-32-23)22(15-27-11-9-20(28)14-27)17-3-5-19(6-4-17)25-34(2,30)31/h3-8,13,20,22,25,28H,9-12,14-16H2,1-2H3/t20-,22?/m0/s1. The molecule has 9 nitrogen and oxygen atoms in total. The Balaban J connectivity index is 1.46. The van der Waals surface area contributed by atoms with Crippen molar-refractivity contribution in [2.75, 3.05) is 50.9 Å². The SMILES string of the molecule is CN(C(=O)COc1ccc2c(c1)CCO2)C(CN1CC[C@H](O)C1)c1ccc(NS(C)(=O)=O)cc1. The summed E-state index contributed by atoms with van der Waals surface area (Å²) in [5, 5.41) is 9.94. The van der Waals surface area contributed by atoms with Gasteiger partial charge in [0.15, 0.2) is 6.61 Å². The zero-order chi connectivity index (χ0) is 24.3. The normalized spacial score (nSPS) is 18.7. The van der Waals surface area contributed by atoms with Gasteiger partial charge in [0.2, 0.25) is 10.0 Å². The Morgan fingerprint density at radius 3 is 2.74 bits per heavy atom. The van der Waals surface area contributed by atoms with Gasteiger partial charge in [-0.15, -0.1) is 0 Å². The molecule has 0 aliphatic carbocycles. The van der Waals surface area contributed by atoms with Crippen LogP contribution in [0.1, 0.15) is 23.6 Å². The molecule has 2 aromatic rings. The van der Waals surface area contributed by atoms with Crippen molar-refractivity contribution in [2.45, 2.75) is 25.0 Å². The van der Waals surface area contributed by atoms with Crippen LogP contribution in [0.2, 0.25) is 0 Å². The summed E-state index contributed by atoms with van der Waals surface area (Å²) in [4.78, 5) is 16.9. The van der Waals surface area contributed by atoms with Crippen LogP contribution in [-0.2, 0) is 21.2 Å². The fourth-order valence-corrected chi connectivity index (χ4v) is 4.90. The summed E-state index contributed by atoms with van der Waals surface area (Å²) >= 11 is 0. The van der Waals surface area contributed by atoms with Crippen molar-refractivity contribution >= 4 is 21.6 Å². The first-order valence-electron chi connectivity index (χ1n) is 11.3. The average Bonchev–Trinajstić information content (AvgIpc) is 3.43. The number of hydrogen-bond donors (Lipinski definition) is 2. The Hall–Kier alpha value is -2.82. The highest BCUT2D eigenvalue weighted by Gasteiger charge is 2.28. The van der Waals surface area contributed by atoms with Crippen LogP contribution in [-0.4, -0.2) is 81.5 Å². The van der Waals surface area contributed by atoms with E-state index in [1.165, 1.54) is 0 Å². The van der Waals surface area contributed by atoms with Crippen LogP contribution >= 0.6 is 0 Å². The molecule has 2 aliphatic heterocycles. The molecule has 0 spiro atoms. The second kappa shape index (κ2) is 10.2. The first-order valence-corrected chi connectivity index (χ1v) is 13.2. The van der Waals surface area contributed by atoms with Crippen molar-refractivity contribution in [3.8, 4) is 11.5 Å². The van der Waals surface area contributed by atoms with Gasteiger partial charge in [-0.3, -0.25) is 14.4 Å². The van der Waals surface area contributed by atoms with E-state index in [0.29, 0.717) is 37.6 Å². The van der Waals surface area contributed by atoms with Gasteiger partial charge in [-0.05, 0) is 42.3 Å². The van der Waals surface area contributed by atoms with Gasteiger partial charge in [0, 0.05) is 44.4 Å². The van der Waals surface area contributed by atoms with Crippen molar-refractivity contribution in [1.29, 1.82) is 0 Å². The number of sulfonamides is 1. The molecule has 1 fully saturated rings. The molecule has 1 saturated heterocycles. The number of nitrogens with zero attached hydrogens (tertiary/aromatic N) is 2. The van der Waals surface area contributed by atoms with Crippen molar-refractivity contribution in [1.82, 2.24) is 9.80 Å². The summed E-state index contributed by atoms with van der Waals surface area (Å²) in [5.74, 6) is 1.30. The summed E-state index contributed by atoms with van der Waals surface area (Å²) in [6.45, 7) is 2.41. The smallest absolute Gasteiger partial charge is 0.260 e. The van der Waals surface area contributed by atoms with E-state index in [1.807, 2.05) is 24.3 Å². The topological polar surface area (TPSA) is 108 Å². The summed E-state index contributed by atoms with van der Waals surface area (Å²) in [6.07, 6.45) is 2.26. The van der Waals surface area contributed by atoms with E-state index < -0.39 is 10.0 Å². The molecular formula is C24H31N3O6S. The first-order chi connectivity index (χ1) is 16.2. The number of aliphatic hydroxyl groups is 1. The molecule has 184 valence electrons. The van der Waals surface area contributed by atoms with E-state index in [-0.39, 0.29) is 24.7 Å². The molecule has 2 atom stereocenters. The third-order valence-corrected chi connectivity index (χ3v) is 6.77. The van der Waals surface area contributed by atoms with Gasteiger partial charge in [-0.2, -0.15) is 0 Å². The van der Waals surface area contributed by atoms with Crippen LogP contribution in [0, 0.1) is 0 Å². The summed E-state index contributed by atoms with van der Waals surface area (Å²) < 4.78 is 36.8. The number of ether oxygens (including phenoxy) is 2. The third kappa shape index (κ3) is 6.19. The van der Waals surface area contributed by atoms with Crippen molar-refractivity contribution < 1.29 is 27.8 Å². The third-order valence-electron chi connectivity index (χ3n) is 6.16. The van der Waals surface area contributed by atoms with Gasteiger partial charge in [-0.25, -0.2) is 8.42 Å². The molecule has 34 heavy (non-hydrogen) atoms. The fraction of sp³-hybridized carbons (Fsp3) is 0.458. The molecule has 4 rings (SSSR count). The predicted molar refractivity (Wildman–Crippen MR) is 129 cm³/mol. The zero-order valence-corrected chi connectivity index (χ0v) is 20.3. The Morgan fingerprint density at radius 1 is 1.29 bits per heavy atom. The van der Waals surface area contributed by atoms with E-state index in [4.69, 9.17) is 9.47 Å². The molecule has 2 N–H and O–H groups in total.